The van der Waals surface area contributed by atoms with Crippen molar-refractivity contribution < 1.29 is 22.7 Å². The molecule has 0 saturated carbocycles. The number of hydrogen-bond acceptors (Lipinski definition) is 5. The Bertz CT molecular complexity index is 896. The molecule has 1 N–H and O–H groups in total. The van der Waals surface area contributed by atoms with Gasteiger partial charge in [0.2, 0.25) is 5.91 Å². The highest BCUT2D eigenvalue weighted by Crippen LogP contribution is 2.22. The number of nitrogens with zero attached hydrogens (tertiary/aromatic N) is 2. The molecule has 1 aromatic carbocycles. The number of thiazole rings is 1. The Balaban J connectivity index is 1.54. The molecule has 2 heterocycles. The minimum absolute atomic E-state index is 0.0739. The van der Waals surface area contributed by atoms with Gasteiger partial charge in [-0.15, -0.1) is 11.3 Å². The van der Waals surface area contributed by atoms with E-state index in [9.17, 15) is 18.0 Å². The predicted molar refractivity (Wildman–Crippen MR) is 95.7 cm³/mol. The van der Waals surface area contributed by atoms with Gasteiger partial charge in [-0.25, -0.2) is 4.98 Å². The molecular weight excluding hydrogens is 379 g/mol. The molecule has 9 heteroatoms. The second kappa shape index (κ2) is 8.17. The molecule has 0 aliphatic carbocycles. The van der Waals surface area contributed by atoms with Crippen LogP contribution >= 0.6 is 11.3 Å². The fraction of sp³-hybridized carbons (Fsp3) is 0.167. The Kier molecular flexibility index (Phi) is 5.70. The summed E-state index contributed by atoms with van der Waals surface area (Å²) in [4.78, 5) is 20.7. The van der Waals surface area contributed by atoms with Gasteiger partial charge in [-0.1, -0.05) is 6.07 Å². The minimum Gasteiger partial charge on any atom is -0.484 e. The number of aromatic nitrogens is 2. The number of hydrogen-bond donors (Lipinski definition) is 1. The second-order valence-corrected chi connectivity index (χ2v) is 6.37. The molecule has 2 aromatic heterocycles. The van der Waals surface area contributed by atoms with Crippen molar-refractivity contribution in [3.05, 3.63) is 59.7 Å². The SMILES string of the molecule is O=C(Cc1csc(-c2ccccn2)n1)Nc1ccc(OCC(F)(F)F)cc1. The molecule has 140 valence electrons. The van der Waals surface area contributed by atoms with Gasteiger partial charge in [0, 0.05) is 17.3 Å². The molecule has 0 fully saturated rings. The van der Waals surface area contributed by atoms with E-state index in [1.807, 2.05) is 18.2 Å². The van der Waals surface area contributed by atoms with Gasteiger partial charge in [0.05, 0.1) is 17.8 Å². The van der Waals surface area contributed by atoms with Crippen LogP contribution in [-0.4, -0.2) is 28.7 Å². The van der Waals surface area contributed by atoms with Gasteiger partial charge in [-0.3, -0.25) is 9.78 Å². The summed E-state index contributed by atoms with van der Waals surface area (Å²) in [6.07, 6.45) is -2.64. The number of ether oxygens (including phenoxy) is 1. The first-order valence-corrected chi connectivity index (χ1v) is 8.72. The minimum atomic E-state index is -4.39. The molecule has 3 aromatic rings. The van der Waals surface area contributed by atoms with Crippen molar-refractivity contribution in [3.63, 3.8) is 0 Å². The summed E-state index contributed by atoms with van der Waals surface area (Å²) < 4.78 is 41.0. The van der Waals surface area contributed by atoms with Crippen molar-refractivity contribution in [1.82, 2.24) is 9.97 Å². The summed E-state index contributed by atoms with van der Waals surface area (Å²) in [5.74, 6) is -0.207. The number of pyridine rings is 1. The summed E-state index contributed by atoms with van der Waals surface area (Å²) in [5.41, 5.74) is 1.81. The normalized spacial score (nSPS) is 11.2. The second-order valence-electron chi connectivity index (χ2n) is 5.51. The lowest BCUT2D eigenvalue weighted by atomic mass is 10.2. The molecule has 0 saturated heterocycles. The smallest absolute Gasteiger partial charge is 0.422 e. The van der Waals surface area contributed by atoms with Crippen molar-refractivity contribution >= 4 is 22.9 Å². The third-order valence-electron chi connectivity index (χ3n) is 3.32. The van der Waals surface area contributed by atoms with Crippen LogP contribution in [0.15, 0.2) is 54.0 Å². The molecule has 0 radical (unpaired) electrons. The lowest BCUT2D eigenvalue weighted by Gasteiger charge is -2.10. The Labute approximate surface area is 156 Å². The fourth-order valence-electron chi connectivity index (χ4n) is 2.16. The van der Waals surface area contributed by atoms with Crippen LogP contribution in [0.3, 0.4) is 0 Å². The highest BCUT2D eigenvalue weighted by Gasteiger charge is 2.28. The maximum atomic E-state index is 12.1. The van der Waals surface area contributed by atoms with E-state index < -0.39 is 12.8 Å². The Morgan fingerprint density at radius 2 is 1.93 bits per heavy atom. The standard InChI is InChI=1S/C18H14F3N3O2S/c19-18(20,21)11-26-14-6-4-12(5-7-14)23-16(25)9-13-10-27-17(24-13)15-3-1-2-8-22-15/h1-8,10H,9,11H2,(H,23,25). The van der Waals surface area contributed by atoms with Crippen LogP contribution in [0.25, 0.3) is 10.7 Å². The molecule has 0 aliphatic rings. The molecule has 0 atom stereocenters. The fourth-order valence-corrected chi connectivity index (χ4v) is 2.96. The topological polar surface area (TPSA) is 64.1 Å². The Morgan fingerprint density at radius 3 is 2.59 bits per heavy atom. The van der Waals surface area contributed by atoms with Crippen LogP contribution in [0.5, 0.6) is 5.75 Å². The average Bonchev–Trinajstić information content (AvgIpc) is 3.09. The van der Waals surface area contributed by atoms with Crippen molar-refractivity contribution in [2.24, 2.45) is 0 Å². The van der Waals surface area contributed by atoms with E-state index in [1.54, 1.807) is 11.6 Å². The maximum Gasteiger partial charge on any atom is 0.422 e. The van der Waals surface area contributed by atoms with E-state index in [0.717, 1.165) is 10.7 Å². The zero-order valence-electron chi connectivity index (χ0n) is 13.9. The zero-order chi connectivity index (χ0) is 19.3. The lowest BCUT2D eigenvalue weighted by Crippen LogP contribution is -2.19. The number of nitrogens with one attached hydrogen (secondary N) is 1. The summed E-state index contributed by atoms with van der Waals surface area (Å²) in [6.45, 7) is -1.36. The molecule has 27 heavy (non-hydrogen) atoms. The van der Waals surface area contributed by atoms with Crippen molar-refractivity contribution in [2.75, 3.05) is 11.9 Å². The van der Waals surface area contributed by atoms with E-state index in [2.05, 4.69) is 20.0 Å². The summed E-state index contributed by atoms with van der Waals surface area (Å²) >= 11 is 1.40. The van der Waals surface area contributed by atoms with Gasteiger partial charge in [-0.05, 0) is 36.4 Å². The molecule has 0 spiro atoms. The van der Waals surface area contributed by atoms with Gasteiger partial charge in [0.15, 0.2) is 6.61 Å². The number of carbonyl (C=O) groups excluding carboxylic acids is 1. The van der Waals surface area contributed by atoms with Crippen LogP contribution in [0.2, 0.25) is 0 Å². The van der Waals surface area contributed by atoms with Crippen LogP contribution < -0.4 is 10.1 Å². The summed E-state index contributed by atoms with van der Waals surface area (Å²) in [5, 5.41) is 5.19. The molecule has 1 amide bonds. The number of amides is 1. The van der Waals surface area contributed by atoms with Crippen molar-refractivity contribution in [2.45, 2.75) is 12.6 Å². The highest BCUT2D eigenvalue weighted by molar-refractivity contribution is 7.13. The third-order valence-corrected chi connectivity index (χ3v) is 4.23. The quantitative estimate of drug-likeness (QED) is 0.677. The summed E-state index contributed by atoms with van der Waals surface area (Å²) in [6, 6.07) is 11.2. The van der Waals surface area contributed by atoms with Gasteiger partial charge in [0.1, 0.15) is 10.8 Å². The third kappa shape index (κ3) is 5.78. The molecule has 0 bridgehead atoms. The van der Waals surface area contributed by atoms with Crippen molar-refractivity contribution in [1.29, 1.82) is 0 Å². The highest BCUT2D eigenvalue weighted by atomic mass is 32.1. The van der Waals surface area contributed by atoms with Gasteiger partial charge in [0.25, 0.3) is 0 Å². The van der Waals surface area contributed by atoms with E-state index in [1.165, 1.54) is 35.6 Å². The number of alkyl halides is 3. The van der Waals surface area contributed by atoms with Crippen LogP contribution in [0, 0.1) is 0 Å². The van der Waals surface area contributed by atoms with Gasteiger partial charge >= 0.3 is 6.18 Å². The van der Waals surface area contributed by atoms with Crippen molar-refractivity contribution in [3.8, 4) is 16.5 Å². The Morgan fingerprint density at radius 1 is 1.15 bits per heavy atom. The first-order valence-electron chi connectivity index (χ1n) is 7.84. The van der Waals surface area contributed by atoms with Crippen LogP contribution in [-0.2, 0) is 11.2 Å². The molecule has 5 nitrogen and oxygen atoms in total. The van der Waals surface area contributed by atoms with E-state index in [4.69, 9.17) is 0 Å². The summed E-state index contributed by atoms with van der Waals surface area (Å²) in [7, 11) is 0. The van der Waals surface area contributed by atoms with E-state index in [-0.39, 0.29) is 18.1 Å². The maximum absolute atomic E-state index is 12.1. The molecule has 0 aliphatic heterocycles. The van der Waals surface area contributed by atoms with Gasteiger partial charge < -0.3 is 10.1 Å². The average molecular weight is 393 g/mol. The lowest BCUT2D eigenvalue weighted by molar-refractivity contribution is -0.153. The largest absolute Gasteiger partial charge is 0.484 e. The predicted octanol–water partition coefficient (Wildman–Crippen LogP) is 4.33. The Hall–Kier alpha value is -2.94. The molecular formula is C18H14F3N3O2S. The van der Waals surface area contributed by atoms with E-state index in [0.29, 0.717) is 11.4 Å². The first kappa shape index (κ1) is 18.8. The number of halogens is 3. The van der Waals surface area contributed by atoms with Crippen LogP contribution in [0.4, 0.5) is 18.9 Å². The first-order chi connectivity index (χ1) is 12.9. The number of carbonyl (C=O) groups is 1. The van der Waals surface area contributed by atoms with Gasteiger partial charge in [-0.2, -0.15) is 13.2 Å². The zero-order valence-corrected chi connectivity index (χ0v) is 14.7. The van der Waals surface area contributed by atoms with Crippen LogP contribution in [0.1, 0.15) is 5.69 Å². The van der Waals surface area contributed by atoms with E-state index >= 15 is 0 Å². The number of benzene rings is 1. The molecule has 0 unspecified atom stereocenters. The number of anilines is 1. The molecule has 3 rings (SSSR count). The monoisotopic (exact) mass is 393 g/mol. The number of rotatable bonds is 6.